The lowest BCUT2D eigenvalue weighted by atomic mass is 10.0. The van der Waals surface area contributed by atoms with Gasteiger partial charge >= 0.3 is 5.97 Å². The normalized spacial score (nSPS) is 18.7. The van der Waals surface area contributed by atoms with Crippen molar-refractivity contribution >= 4 is 11.9 Å². The molecule has 0 aliphatic carbocycles. The Bertz CT molecular complexity index is 502. The molecular weight excluding hydrogens is 256 g/mol. The van der Waals surface area contributed by atoms with Crippen molar-refractivity contribution in [1.29, 1.82) is 0 Å². The summed E-state index contributed by atoms with van der Waals surface area (Å²) in [5, 5.41) is 0. The highest BCUT2D eigenvalue weighted by Crippen LogP contribution is 2.21. The molecule has 2 heterocycles. The van der Waals surface area contributed by atoms with Crippen LogP contribution in [-0.2, 0) is 9.53 Å². The molecule has 1 atom stereocenters. The fourth-order valence-electron chi connectivity index (χ4n) is 2.52. The lowest BCUT2D eigenvalue weighted by molar-refractivity contribution is -0.149. The summed E-state index contributed by atoms with van der Waals surface area (Å²) in [6.07, 6.45) is 4.19. The smallest absolute Gasteiger partial charge is 0.328 e. The molecule has 5 heteroatoms. The zero-order valence-electron chi connectivity index (χ0n) is 12.0. The zero-order chi connectivity index (χ0) is 14.5. The SMILES string of the molecule is CCOC(=O)C1CCCCN1C(=O)c1cccnc1C. The van der Waals surface area contributed by atoms with Crippen LogP contribution < -0.4 is 0 Å². The first kappa shape index (κ1) is 14.5. The van der Waals surface area contributed by atoms with E-state index in [1.54, 1.807) is 37.1 Å². The molecule has 5 nitrogen and oxygen atoms in total. The molecule has 0 saturated carbocycles. The number of carbonyl (C=O) groups is 2. The number of hydrogen-bond acceptors (Lipinski definition) is 4. The van der Waals surface area contributed by atoms with Crippen molar-refractivity contribution in [3.63, 3.8) is 0 Å². The van der Waals surface area contributed by atoms with Crippen molar-refractivity contribution in [2.45, 2.75) is 39.2 Å². The van der Waals surface area contributed by atoms with Gasteiger partial charge in [-0.1, -0.05) is 0 Å². The van der Waals surface area contributed by atoms with Gasteiger partial charge in [0, 0.05) is 18.4 Å². The predicted octanol–water partition coefficient (Wildman–Crippen LogP) is 1.95. The summed E-state index contributed by atoms with van der Waals surface area (Å²) in [7, 11) is 0. The van der Waals surface area contributed by atoms with E-state index >= 15 is 0 Å². The second kappa shape index (κ2) is 6.50. The third-order valence-electron chi connectivity index (χ3n) is 3.56. The van der Waals surface area contributed by atoms with E-state index in [0.717, 1.165) is 12.8 Å². The molecule has 108 valence electrons. The Hall–Kier alpha value is -1.91. The Balaban J connectivity index is 2.22. The first-order chi connectivity index (χ1) is 9.65. The summed E-state index contributed by atoms with van der Waals surface area (Å²) >= 11 is 0. The third kappa shape index (κ3) is 2.98. The number of rotatable bonds is 3. The van der Waals surface area contributed by atoms with E-state index in [2.05, 4.69) is 4.98 Å². The summed E-state index contributed by atoms with van der Waals surface area (Å²) in [6.45, 7) is 4.51. The topological polar surface area (TPSA) is 59.5 Å². The maximum atomic E-state index is 12.6. The number of piperidine rings is 1. The molecule has 0 aromatic carbocycles. The third-order valence-corrected chi connectivity index (χ3v) is 3.56. The highest BCUT2D eigenvalue weighted by atomic mass is 16.5. The van der Waals surface area contributed by atoms with Gasteiger partial charge in [0.15, 0.2) is 0 Å². The number of esters is 1. The number of aromatic nitrogens is 1. The predicted molar refractivity (Wildman–Crippen MR) is 74.3 cm³/mol. The van der Waals surface area contributed by atoms with Crippen molar-refractivity contribution in [1.82, 2.24) is 9.88 Å². The molecule has 1 fully saturated rings. The van der Waals surface area contributed by atoms with Crippen LogP contribution >= 0.6 is 0 Å². The van der Waals surface area contributed by atoms with Gasteiger partial charge in [-0.15, -0.1) is 0 Å². The summed E-state index contributed by atoms with van der Waals surface area (Å²) in [5.41, 5.74) is 1.24. The Morgan fingerprint density at radius 1 is 1.45 bits per heavy atom. The number of hydrogen-bond donors (Lipinski definition) is 0. The van der Waals surface area contributed by atoms with Gasteiger partial charge in [-0.3, -0.25) is 9.78 Å². The Kier molecular flexibility index (Phi) is 4.71. The van der Waals surface area contributed by atoms with Crippen LogP contribution in [0.25, 0.3) is 0 Å². The van der Waals surface area contributed by atoms with Crippen LogP contribution in [0.1, 0.15) is 42.2 Å². The number of likely N-dealkylation sites (tertiary alicyclic amines) is 1. The van der Waals surface area contributed by atoms with Crippen LogP contribution in [0.15, 0.2) is 18.3 Å². The number of pyridine rings is 1. The first-order valence-corrected chi connectivity index (χ1v) is 7.04. The number of nitrogens with zero attached hydrogens (tertiary/aromatic N) is 2. The van der Waals surface area contributed by atoms with Crippen molar-refractivity contribution in [2.75, 3.05) is 13.2 Å². The van der Waals surface area contributed by atoms with E-state index in [0.29, 0.717) is 30.8 Å². The van der Waals surface area contributed by atoms with E-state index < -0.39 is 6.04 Å². The number of aryl methyl sites for hydroxylation is 1. The van der Waals surface area contributed by atoms with Crippen LogP contribution in [0, 0.1) is 6.92 Å². The van der Waals surface area contributed by atoms with E-state index in [1.165, 1.54) is 0 Å². The summed E-state index contributed by atoms with van der Waals surface area (Å²) in [6, 6.07) is 3.03. The van der Waals surface area contributed by atoms with Crippen molar-refractivity contribution in [3.05, 3.63) is 29.6 Å². The van der Waals surface area contributed by atoms with Crippen LogP contribution in [0.5, 0.6) is 0 Å². The van der Waals surface area contributed by atoms with Gasteiger partial charge in [0.05, 0.1) is 12.2 Å². The molecule has 0 radical (unpaired) electrons. The average Bonchev–Trinajstić information content (AvgIpc) is 2.47. The van der Waals surface area contributed by atoms with E-state index in [-0.39, 0.29) is 11.9 Å². The van der Waals surface area contributed by atoms with Crippen molar-refractivity contribution < 1.29 is 14.3 Å². The van der Waals surface area contributed by atoms with Gasteiger partial charge in [0.1, 0.15) is 6.04 Å². The van der Waals surface area contributed by atoms with Crippen LogP contribution in [0.3, 0.4) is 0 Å². The number of amides is 1. The van der Waals surface area contributed by atoms with Crippen LogP contribution in [0.4, 0.5) is 0 Å². The van der Waals surface area contributed by atoms with Crippen molar-refractivity contribution in [2.24, 2.45) is 0 Å². The Morgan fingerprint density at radius 3 is 2.95 bits per heavy atom. The van der Waals surface area contributed by atoms with E-state index in [9.17, 15) is 9.59 Å². The molecule has 1 amide bonds. The fourth-order valence-corrected chi connectivity index (χ4v) is 2.52. The number of carbonyl (C=O) groups excluding carboxylic acids is 2. The molecule has 1 saturated heterocycles. The molecule has 1 aromatic heterocycles. The van der Waals surface area contributed by atoms with Crippen LogP contribution in [0.2, 0.25) is 0 Å². The molecule has 0 bridgehead atoms. The molecule has 20 heavy (non-hydrogen) atoms. The Labute approximate surface area is 118 Å². The maximum absolute atomic E-state index is 12.6. The molecule has 1 aliphatic heterocycles. The summed E-state index contributed by atoms with van der Waals surface area (Å²) < 4.78 is 5.08. The Morgan fingerprint density at radius 2 is 2.25 bits per heavy atom. The minimum atomic E-state index is -0.462. The average molecular weight is 276 g/mol. The highest BCUT2D eigenvalue weighted by Gasteiger charge is 2.34. The largest absolute Gasteiger partial charge is 0.464 e. The molecule has 2 rings (SSSR count). The summed E-state index contributed by atoms with van der Waals surface area (Å²) in [4.78, 5) is 30.4. The van der Waals surface area contributed by atoms with Gasteiger partial charge < -0.3 is 9.64 Å². The lowest BCUT2D eigenvalue weighted by Gasteiger charge is -2.34. The second-order valence-corrected chi connectivity index (χ2v) is 4.90. The van der Waals surface area contributed by atoms with Gasteiger partial charge in [-0.05, 0) is 45.2 Å². The molecule has 0 N–H and O–H groups in total. The van der Waals surface area contributed by atoms with Crippen molar-refractivity contribution in [3.8, 4) is 0 Å². The van der Waals surface area contributed by atoms with Gasteiger partial charge in [-0.2, -0.15) is 0 Å². The minimum Gasteiger partial charge on any atom is -0.464 e. The van der Waals surface area contributed by atoms with Gasteiger partial charge in [0.2, 0.25) is 0 Å². The zero-order valence-corrected chi connectivity index (χ0v) is 12.0. The minimum absolute atomic E-state index is 0.131. The number of ether oxygens (including phenoxy) is 1. The lowest BCUT2D eigenvalue weighted by Crippen LogP contribution is -2.48. The second-order valence-electron chi connectivity index (χ2n) is 4.90. The monoisotopic (exact) mass is 276 g/mol. The maximum Gasteiger partial charge on any atom is 0.328 e. The van der Waals surface area contributed by atoms with Gasteiger partial charge in [0.25, 0.3) is 5.91 Å². The molecule has 1 aromatic rings. The molecule has 1 aliphatic rings. The highest BCUT2D eigenvalue weighted by molar-refractivity contribution is 5.97. The fraction of sp³-hybridized carbons (Fsp3) is 0.533. The summed E-state index contributed by atoms with van der Waals surface area (Å²) in [5.74, 6) is -0.435. The molecular formula is C15H20N2O3. The molecule has 1 unspecified atom stereocenters. The molecule has 0 spiro atoms. The van der Waals surface area contributed by atoms with E-state index in [4.69, 9.17) is 4.74 Å². The first-order valence-electron chi connectivity index (χ1n) is 7.04. The van der Waals surface area contributed by atoms with E-state index in [1.807, 2.05) is 0 Å². The quantitative estimate of drug-likeness (QED) is 0.792. The standard InChI is InChI=1S/C15H20N2O3/c1-3-20-15(19)13-8-4-5-10-17(13)14(18)12-7-6-9-16-11(12)2/h6-7,9,13H,3-5,8,10H2,1-2H3. The van der Waals surface area contributed by atoms with Gasteiger partial charge in [-0.25, -0.2) is 4.79 Å². The van der Waals surface area contributed by atoms with Crippen LogP contribution in [-0.4, -0.2) is 41.0 Å².